The number of nitrogens with one attached hydrogen (secondary N) is 2. The Morgan fingerprint density at radius 3 is 2.38 bits per heavy atom. The molecule has 0 saturated carbocycles. The molecule has 26 heavy (non-hydrogen) atoms. The van der Waals surface area contributed by atoms with E-state index in [0.717, 1.165) is 24.5 Å². The van der Waals surface area contributed by atoms with Gasteiger partial charge in [-0.2, -0.15) is 0 Å². The second kappa shape index (κ2) is 11.1. The molecule has 0 aliphatic carbocycles. The minimum absolute atomic E-state index is 0.474. The number of methoxy groups -OCH3 is 1. The highest BCUT2D eigenvalue weighted by Crippen LogP contribution is 2.14. The van der Waals surface area contributed by atoms with Crippen LogP contribution in [0.15, 0.2) is 47.6 Å². The summed E-state index contributed by atoms with van der Waals surface area (Å²) in [6.07, 6.45) is 2.74. The number of hydrogen-bond acceptors (Lipinski definition) is 4. The van der Waals surface area contributed by atoms with E-state index in [9.17, 15) is 0 Å². The lowest BCUT2D eigenvalue weighted by Gasteiger charge is -2.15. The van der Waals surface area contributed by atoms with Crippen molar-refractivity contribution in [2.24, 2.45) is 4.99 Å². The van der Waals surface area contributed by atoms with Crippen LogP contribution in [0.2, 0.25) is 0 Å². The zero-order valence-electron chi connectivity index (χ0n) is 15.8. The minimum Gasteiger partial charge on any atom is -0.475 e. The standard InChI is InChI=1S/C20H28N4O2/c1-4-16-8-5-6-9-17(16)14-23-20(21-2)24-15-18-10-7-11-22-19(18)26-13-12-25-3/h5-11H,4,12-15H2,1-3H3,(H2,21,23,24). The molecular weight excluding hydrogens is 328 g/mol. The zero-order chi connectivity index (χ0) is 18.6. The molecule has 0 amide bonds. The fraction of sp³-hybridized carbons (Fsp3) is 0.400. The van der Waals surface area contributed by atoms with Crippen LogP contribution in [0.5, 0.6) is 5.88 Å². The number of rotatable bonds is 9. The predicted octanol–water partition coefficient (Wildman–Crippen LogP) is 2.53. The molecule has 1 aromatic heterocycles. The van der Waals surface area contributed by atoms with E-state index in [4.69, 9.17) is 9.47 Å². The first kappa shape index (κ1) is 19.7. The molecule has 140 valence electrons. The van der Waals surface area contributed by atoms with Crippen molar-refractivity contribution in [3.63, 3.8) is 0 Å². The van der Waals surface area contributed by atoms with Crippen LogP contribution in [-0.2, 0) is 24.2 Å². The molecule has 0 unspecified atom stereocenters. The number of aryl methyl sites for hydroxylation is 1. The molecule has 2 aromatic rings. The summed E-state index contributed by atoms with van der Waals surface area (Å²) in [6.45, 7) is 4.48. The van der Waals surface area contributed by atoms with Crippen LogP contribution in [-0.4, -0.2) is 38.3 Å². The van der Waals surface area contributed by atoms with E-state index < -0.39 is 0 Å². The molecule has 0 saturated heterocycles. The van der Waals surface area contributed by atoms with Gasteiger partial charge in [0.1, 0.15) is 6.61 Å². The van der Waals surface area contributed by atoms with Crippen molar-refractivity contribution in [3.8, 4) is 5.88 Å². The van der Waals surface area contributed by atoms with Gasteiger partial charge < -0.3 is 20.1 Å². The van der Waals surface area contributed by atoms with Crippen molar-refractivity contribution in [2.75, 3.05) is 27.4 Å². The van der Waals surface area contributed by atoms with E-state index in [1.807, 2.05) is 12.1 Å². The van der Waals surface area contributed by atoms with Crippen LogP contribution in [0.4, 0.5) is 0 Å². The van der Waals surface area contributed by atoms with Gasteiger partial charge >= 0.3 is 0 Å². The maximum absolute atomic E-state index is 5.67. The number of ether oxygens (including phenoxy) is 2. The largest absolute Gasteiger partial charge is 0.475 e. The molecule has 0 bridgehead atoms. The van der Waals surface area contributed by atoms with Crippen LogP contribution < -0.4 is 15.4 Å². The second-order valence-corrected chi connectivity index (χ2v) is 5.71. The van der Waals surface area contributed by atoms with Gasteiger partial charge in [-0.15, -0.1) is 0 Å². The number of guanidine groups is 1. The summed E-state index contributed by atoms with van der Waals surface area (Å²) in [4.78, 5) is 8.58. The van der Waals surface area contributed by atoms with Crippen LogP contribution >= 0.6 is 0 Å². The van der Waals surface area contributed by atoms with E-state index >= 15 is 0 Å². The van der Waals surface area contributed by atoms with Crippen molar-refractivity contribution >= 4 is 5.96 Å². The van der Waals surface area contributed by atoms with Gasteiger partial charge in [0, 0.05) is 39.0 Å². The molecule has 1 aromatic carbocycles. The number of pyridine rings is 1. The number of hydrogen-bond donors (Lipinski definition) is 2. The van der Waals surface area contributed by atoms with E-state index in [0.29, 0.717) is 25.6 Å². The first-order chi connectivity index (χ1) is 12.8. The first-order valence-corrected chi connectivity index (χ1v) is 8.85. The van der Waals surface area contributed by atoms with Gasteiger partial charge in [0.05, 0.1) is 6.61 Å². The molecule has 0 spiro atoms. The monoisotopic (exact) mass is 356 g/mol. The SMILES string of the molecule is CCc1ccccc1CNC(=NC)NCc1cccnc1OCCOC. The molecule has 0 radical (unpaired) electrons. The second-order valence-electron chi connectivity index (χ2n) is 5.71. The topological polar surface area (TPSA) is 67.8 Å². The molecule has 0 aliphatic heterocycles. The molecule has 6 nitrogen and oxygen atoms in total. The Labute approximate surface area is 155 Å². The van der Waals surface area contributed by atoms with Crippen molar-refractivity contribution in [3.05, 3.63) is 59.3 Å². The van der Waals surface area contributed by atoms with Crippen LogP contribution in [0.3, 0.4) is 0 Å². The van der Waals surface area contributed by atoms with Gasteiger partial charge in [0.25, 0.3) is 0 Å². The Morgan fingerprint density at radius 2 is 1.69 bits per heavy atom. The van der Waals surface area contributed by atoms with Gasteiger partial charge in [0.2, 0.25) is 5.88 Å². The maximum atomic E-state index is 5.67. The highest BCUT2D eigenvalue weighted by Gasteiger charge is 2.07. The van der Waals surface area contributed by atoms with E-state index in [-0.39, 0.29) is 0 Å². The molecule has 2 rings (SSSR count). The molecule has 0 fully saturated rings. The van der Waals surface area contributed by atoms with Gasteiger partial charge in [-0.25, -0.2) is 4.98 Å². The van der Waals surface area contributed by atoms with Crippen molar-refractivity contribution in [2.45, 2.75) is 26.4 Å². The highest BCUT2D eigenvalue weighted by atomic mass is 16.5. The van der Waals surface area contributed by atoms with E-state index in [1.54, 1.807) is 20.4 Å². The van der Waals surface area contributed by atoms with Crippen LogP contribution in [0.1, 0.15) is 23.6 Å². The Hall–Kier alpha value is -2.60. The third-order valence-corrected chi connectivity index (χ3v) is 3.99. The molecular formula is C20H28N4O2. The predicted molar refractivity (Wildman–Crippen MR) is 104 cm³/mol. The molecule has 0 atom stereocenters. The van der Waals surface area contributed by atoms with Gasteiger partial charge in [-0.1, -0.05) is 37.3 Å². The van der Waals surface area contributed by atoms with Crippen molar-refractivity contribution in [1.29, 1.82) is 0 Å². The Bertz CT molecular complexity index is 704. The maximum Gasteiger partial charge on any atom is 0.218 e. The third kappa shape index (κ3) is 6.04. The van der Waals surface area contributed by atoms with E-state index in [2.05, 4.69) is 51.8 Å². The Kier molecular flexibility index (Phi) is 8.42. The average Bonchev–Trinajstić information content (AvgIpc) is 2.69. The molecule has 0 aliphatic rings. The van der Waals surface area contributed by atoms with E-state index in [1.165, 1.54) is 11.1 Å². The number of benzene rings is 1. The minimum atomic E-state index is 0.474. The third-order valence-electron chi connectivity index (χ3n) is 3.99. The average molecular weight is 356 g/mol. The Morgan fingerprint density at radius 1 is 1.00 bits per heavy atom. The molecule has 6 heteroatoms. The molecule has 1 heterocycles. The number of nitrogens with zero attached hydrogens (tertiary/aromatic N) is 2. The van der Waals surface area contributed by atoms with Crippen LogP contribution in [0.25, 0.3) is 0 Å². The van der Waals surface area contributed by atoms with Gasteiger partial charge in [-0.05, 0) is 23.6 Å². The van der Waals surface area contributed by atoms with Crippen LogP contribution in [0, 0.1) is 0 Å². The number of aromatic nitrogens is 1. The quantitative estimate of drug-likeness (QED) is 0.411. The lowest BCUT2D eigenvalue weighted by molar-refractivity contribution is 0.143. The zero-order valence-corrected chi connectivity index (χ0v) is 15.8. The summed E-state index contributed by atoms with van der Waals surface area (Å²) in [5, 5.41) is 6.67. The molecule has 2 N–H and O–H groups in total. The summed E-state index contributed by atoms with van der Waals surface area (Å²) in [5.41, 5.74) is 3.60. The first-order valence-electron chi connectivity index (χ1n) is 8.85. The van der Waals surface area contributed by atoms with Crippen molar-refractivity contribution < 1.29 is 9.47 Å². The summed E-state index contributed by atoms with van der Waals surface area (Å²) in [5.74, 6) is 1.35. The summed E-state index contributed by atoms with van der Waals surface area (Å²) >= 11 is 0. The Balaban J connectivity index is 1.91. The van der Waals surface area contributed by atoms with Gasteiger partial charge in [-0.3, -0.25) is 4.99 Å². The fourth-order valence-corrected chi connectivity index (χ4v) is 2.56. The highest BCUT2D eigenvalue weighted by molar-refractivity contribution is 5.79. The van der Waals surface area contributed by atoms with Gasteiger partial charge in [0.15, 0.2) is 5.96 Å². The summed E-state index contributed by atoms with van der Waals surface area (Å²) in [6, 6.07) is 12.3. The number of aliphatic imine (C=N–C) groups is 1. The lowest BCUT2D eigenvalue weighted by atomic mass is 10.1. The van der Waals surface area contributed by atoms with Crippen molar-refractivity contribution in [1.82, 2.24) is 15.6 Å². The lowest BCUT2D eigenvalue weighted by Crippen LogP contribution is -2.36. The summed E-state index contributed by atoms with van der Waals surface area (Å²) in [7, 11) is 3.41. The smallest absolute Gasteiger partial charge is 0.218 e. The summed E-state index contributed by atoms with van der Waals surface area (Å²) < 4.78 is 10.7. The normalized spacial score (nSPS) is 11.3. The fourth-order valence-electron chi connectivity index (χ4n) is 2.56.